The second-order valence-electron chi connectivity index (χ2n) is 8.56. The molecule has 0 aliphatic carbocycles. The van der Waals surface area contributed by atoms with Crippen LogP contribution in [0.1, 0.15) is 62.4 Å². The summed E-state index contributed by atoms with van der Waals surface area (Å²) in [5.41, 5.74) is 5.20. The van der Waals surface area contributed by atoms with Crippen molar-refractivity contribution in [3.8, 4) is 0 Å². The highest BCUT2D eigenvalue weighted by molar-refractivity contribution is 5.85. The Labute approximate surface area is 205 Å². The Bertz CT molecular complexity index is 1170. The molecule has 0 fully saturated rings. The number of aromatic carboxylic acids is 2. The fourth-order valence-electron chi connectivity index (χ4n) is 3.91. The lowest BCUT2D eigenvalue weighted by Gasteiger charge is -2.20. The van der Waals surface area contributed by atoms with Gasteiger partial charge >= 0.3 is 11.9 Å². The summed E-state index contributed by atoms with van der Waals surface area (Å²) in [6.07, 6.45) is 2.89. The van der Waals surface area contributed by atoms with Crippen molar-refractivity contribution in [1.29, 1.82) is 0 Å². The van der Waals surface area contributed by atoms with Gasteiger partial charge in [0.15, 0.2) is 0 Å². The van der Waals surface area contributed by atoms with Crippen LogP contribution in [0.15, 0.2) is 54.6 Å². The molecule has 0 radical (unpaired) electrons. The molecule has 8 heteroatoms. The van der Waals surface area contributed by atoms with Gasteiger partial charge in [-0.3, -0.25) is 0 Å². The quantitative estimate of drug-likeness (QED) is 0.295. The van der Waals surface area contributed by atoms with Crippen molar-refractivity contribution in [3.63, 3.8) is 0 Å². The van der Waals surface area contributed by atoms with E-state index in [0.717, 1.165) is 19.3 Å². The molecule has 0 unspecified atom stereocenters. The molecule has 4 N–H and O–H groups in total. The van der Waals surface area contributed by atoms with Crippen LogP contribution < -0.4 is 10.6 Å². The van der Waals surface area contributed by atoms with Crippen LogP contribution in [-0.2, 0) is 25.9 Å². The van der Waals surface area contributed by atoms with E-state index in [4.69, 9.17) is 5.11 Å². The first-order valence-corrected chi connectivity index (χ1v) is 11.8. The minimum Gasteiger partial charge on any atom is -0.477 e. The minimum atomic E-state index is -1.05. The van der Waals surface area contributed by atoms with Crippen LogP contribution in [-0.4, -0.2) is 44.7 Å². The maximum absolute atomic E-state index is 11.3. The number of aromatic nitrogens is 2. The van der Waals surface area contributed by atoms with Gasteiger partial charge in [0.05, 0.1) is 11.4 Å². The lowest BCUT2D eigenvalue weighted by atomic mass is 9.97. The first kappa shape index (κ1) is 26.0. The number of rotatable bonds is 13. The van der Waals surface area contributed by atoms with Crippen molar-refractivity contribution in [2.75, 3.05) is 6.54 Å². The van der Waals surface area contributed by atoms with Gasteiger partial charge in [0, 0.05) is 25.7 Å². The molecule has 35 heavy (non-hydrogen) atoms. The number of hydrogen-bond acceptors (Lipinski definition) is 6. The Hall–Kier alpha value is -3.62. The van der Waals surface area contributed by atoms with Gasteiger partial charge in [-0.05, 0) is 60.7 Å². The Morgan fingerprint density at radius 2 is 1.54 bits per heavy atom. The molecular weight excluding hydrogens is 444 g/mol. The van der Waals surface area contributed by atoms with Crippen LogP contribution in [0, 0.1) is 6.92 Å². The summed E-state index contributed by atoms with van der Waals surface area (Å²) in [6, 6.07) is 16.5. The molecule has 0 aliphatic rings. The number of nitrogens with one attached hydrogen (secondary N) is 2. The first-order chi connectivity index (χ1) is 16.9. The molecule has 0 saturated heterocycles. The van der Waals surface area contributed by atoms with E-state index in [1.807, 2.05) is 0 Å². The molecule has 3 aromatic rings. The van der Waals surface area contributed by atoms with E-state index in [1.165, 1.54) is 28.8 Å². The molecule has 1 atom stereocenters. The Balaban J connectivity index is 1.70. The molecule has 0 saturated carbocycles. The fraction of sp³-hybridized carbons (Fsp3) is 0.333. The van der Waals surface area contributed by atoms with Crippen molar-refractivity contribution in [2.45, 2.75) is 52.2 Å². The van der Waals surface area contributed by atoms with Crippen molar-refractivity contribution in [3.05, 3.63) is 94.1 Å². The van der Waals surface area contributed by atoms with E-state index in [1.54, 1.807) is 24.3 Å². The summed E-state index contributed by atoms with van der Waals surface area (Å²) in [4.78, 5) is 30.8. The first-order valence-electron chi connectivity index (χ1n) is 11.8. The van der Waals surface area contributed by atoms with Crippen molar-refractivity contribution in [1.82, 2.24) is 20.6 Å². The normalized spacial score (nSPS) is 11.8. The Morgan fingerprint density at radius 1 is 0.914 bits per heavy atom. The maximum Gasteiger partial charge on any atom is 0.354 e. The molecule has 1 aromatic carbocycles. The van der Waals surface area contributed by atoms with E-state index < -0.39 is 11.9 Å². The van der Waals surface area contributed by atoms with E-state index in [2.05, 4.69) is 52.6 Å². The number of aryl methyl sites for hydroxylation is 2. The van der Waals surface area contributed by atoms with E-state index >= 15 is 0 Å². The van der Waals surface area contributed by atoms with Gasteiger partial charge in [0.2, 0.25) is 0 Å². The van der Waals surface area contributed by atoms with Gasteiger partial charge in [0.25, 0.3) is 0 Å². The summed E-state index contributed by atoms with van der Waals surface area (Å²) < 4.78 is 0. The summed E-state index contributed by atoms with van der Waals surface area (Å²) in [6.45, 7) is 5.76. The van der Waals surface area contributed by atoms with E-state index in [0.29, 0.717) is 31.0 Å². The summed E-state index contributed by atoms with van der Waals surface area (Å²) in [5.74, 6) is -2.10. The van der Waals surface area contributed by atoms with Crippen LogP contribution >= 0.6 is 0 Å². The Morgan fingerprint density at radius 3 is 2.14 bits per heavy atom. The molecule has 0 amide bonds. The van der Waals surface area contributed by atoms with Crippen LogP contribution in [0.4, 0.5) is 0 Å². The average molecular weight is 477 g/mol. The predicted octanol–water partition coefficient (Wildman–Crippen LogP) is 3.62. The van der Waals surface area contributed by atoms with Gasteiger partial charge in [-0.15, -0.1) is 0 Å². The molecule has 184 valence electrons. The summed E-state index contributed by atoms with van der Waals surface area (Å²) in [5, 5.41) is 25.3. The maximum atomic E-state index is 11.3. The third-order valence-electron chi connectivity index (χ3n) is 5.74. The minimum absolute atomic E-state index is 0.0195. The second-order valence-corrected chi connectivity index (χ2v) is 8.56. The summed E-state index contributed by atoms with van der Waals surface area (Å²) in [7, 11) is 0. The van der Waals surface area contributed by atoms with E-state index in [9.17, 15) is 14.7 Å². The third-order valence-corrected chi connectivity index (χ3v) is 5.74. The number of carbonyl (C=O) groups is 2. The van der Waals surface area contributed by atoms with Gasteiger partial charge in [0.1, 0.15) is 11.4 Å². The zero-order valence-corrected chi connectivity index (χ0v) is 20.1. The predicted molar refractivity (Wildman–Crippen MR) is 134 cm³/mol. The zero-order chi connectivity index (χ0) is 25.2. The lowest BCUT2D eigenvalue weighted by molar-refractivity contribution is 0.0679. The SMILES string of the molecule is CCCc1cc(C[C@@H](CNCc2cccc(C(=O)O)n2)NCc2cccc(C(=O)O)n2)ccc1C. The molecule has 2 aromatic heterocycles. The van der Waals surface area contributed by atoms with E-state index in [-0.39, 0.29) is 17.4 Å². The van der Waals surface area contributed by atoms with Gasteiger partial charge in [-0.2, -0.15) is 0 Å². The third kappa shape index (κ3) is 7.98. The van der Waals surface area contributed by atoms with Gasteiger partial charge in [-0.25, -0.2) is 19.6 Å². The van der Waals surface area contributed by atoms with Crippen LogP contribution in [0.2, 0.25) is 0 Å². The lowest BCUT2D eigenvalue weighted by Crippen LogP contribution is -2.40. The standard InChI is InChI=1S/C27H32N4O4/c1-3-6-20-13-19(12-11-18(20)2)14-23(29-17-22-8-5-10-25(31-22)27(34)35)16-28-15-21-7-4-9-24(30-21)26(32)33/h4-5,7-13,23,28-29H,3,6,14-17H2,1-2H3,(H,32,33)(H,34,35)/t23-/m0/s1. The van der Waals surface area contributed by atoms with Crippen LogP contribution in [0.5, 0.6) is 0 Å². The highest BCUT2D eigenvalue weighted by atomic mass is 16.4. The second kappa shape index (κ2) is 12.7. The topological polar surface area (TPSA) is 124 Å². The van der Waals surface area contributed by atoms with Crippen molar-refractivity contribution >= 4 is 11.9 Å². The number of carboxylic acids is 2. The van der Waals surface area contributed by atoms with Crippen LogP contribution in [0.3, 0.4) is 0 Å². The number of hydrogen-bond donors (Lipinski definition) is 4. The molecule has 0 aliphatic heterocycles. The molecule has 2 heterocycles. The van der Waals surface area contributed by atoms with Gasteiger partial charge < -0.3 is 20.8 Å². The average Bonchev–Trinajstić information content (AvgIpc) is 2.85. The molecular formula is C27H32N4O4. The number of carboxylic acid groups (broad SMARTS) is 2. The van der Waals surface area contributed by atoms with Crippen molar-refractivity contribution < 1.29 is 19.8 Å². The largest absolute Gasteiger partial charge is 0.477 e. The Kier molecular flexibility index (Phi) is 9.46. The monoisotopic (exact) mass is 476 g/mol. The smallest absolute Gasteiger partial charge is 0.354 e. The fourth-order valence-corrected chi connectivity index (χ4v) is 3.91. The van der Waals surface area contributed by atoms with Crippen molar-refractivity contribution in [2.24, 2.45) is 0 Å². The molecule has 0 bridgehead atoms. The van der Waals surface area contributed by atoms with Gasteiger partial charge in [-0.1, -0.05) is 43.7 Å². The molecule has 8 nitrogen and oxygen atoms in total. The zero-order valence-electron chi connectivity index (χ0n) is 20.1. The molecule has 3 rings (SSSR count). The summed E-state index contributed by atoms with van der Waals surface area (Å²) >= 11 is 0. The number of pyridine rings is 2. The number of nitrogens with zero attached hydrogens (tertiary/aromatic N) is 2. The molecule has 0 spiro atoms. The highest BCUT2D eigenvalue weighted by Crippen LogP contribution is 2.15. The van der Waals surface area contributed by atoms with Crippen LogP contribution in [0.25, 0.3) is 0 Å². The highest BCUT2D eigenvalue weighted by Gasteiger charge is 2.13. The number of benzene rings is 1.